The SMILES string of the molecule is CCCC1(CC)CSc2cc(O/C=C(\F)C(=O)OCC)c(SC)cc2N(c2ccccc2)C1. The summed E-state index contributed by atoms with van der Waals surface area (Å²) in [7, 11) is 0. The van der Waals surface area contributed by atoms with Crippen LogP contribution in [-0.2, 0) is 9.53 Å². The second-order valence-electron chi connectivity index (χ2n) is 8.09. The Hall–Kier alpha value is -2.12. The third-order valence-electron chi connectivity index (χ3n) is 5.92. The molecule has 0 saturated carbocycles. The molecule has 0 radical (unpaired) electrons. The van der Waals surface area contributed by atoms with E-state index in [-0.39, 0.29) is 12.0 Å². The van der Waals surface area contributed by atoms with Gasteiger partial charge in [-0.15, -0.1) is 23.5 Å². The molecule has 0 amide bonds. The molecule has 4 nitrogen and oxygen atoms in total. The van der Waals surface area contributed by atoms with Crippen molar-refractivity contribution in [3.8, 4) is 5.75 Å². The Morgan fingerprint density at radius 3 is 2.64 bits per heavy atom. The average molecular weight is 490 g/mol. The zero-order valence-corrected chi connectivity index (χ0v) is 21.4. The number of ether oxygens (including phenoxy) is 2. The third kappa shape index (κ3) is 6.07. The van der Waals surface area contributed by atoms with Crippen molar-refractivity contribution < 1.29 is 18.7 Å². The Bertz CT molecular complexity index is 983. The number of hydrogen-bond donors (Lipinski definition) is 0. The molecule has 0 aliphatic carbocycles. The number of halogens is 1. The normalized spacial score (nSPS) is 18.5. The van der Waals surface area contributed by atoms with Crippen molar-refractivity contribution in [2.75, 3.05) is 30.1 Å². The molecule has 7 heteroatoms. The highest BCUT2D eigenvalue weighted by Crippen LogP contribution is 2.49. The van der Waals surface area contributed by atoms with Crippen molar-refractivity contribution >= 4 is 40.9 Å². The molecule has 2 aromatic carbocycles. The van der Waals surface area contributed by atoms with Gasteiger partial charge in [-0.1, -0.05) is 38.5 Å². The van der Waals surface area contributed by atoms with Gasteiger partial charge in [0, 0.05) is 22.9 Å². The average Bonchev–Trinajstić information content (AvgIpc) is 3.00. The van der Waals surface area contributed by atoms with E-state index in [0.29, 0.717) is 5.75 Å². The van der Waals surface area contributed by atoms with Crippen LogP contribution in [0, 0.1) is 5.41 Å². The quantitative estimate of drug-likeness (QED) is 0.156. The van der Waals surface area contributed by atoms with E-state index in [1.165, 1.54) is 11.8 Å². The van der Waals surface area contributed by atoms with Crippen LogP contribution in [0.1, 0.15) is 40.0 Å². The largest absolute Gasteiger partial charge is 0.461 e. The topological polar surface area (TPSA) is 38.8 Å². The number of hydrogen-bond acceptors (Lipinski definition) is 6. The first-order valence-electron chi connectivity index (χ1n) is 11.3. The zero-order valence-electron chi connectivity index (χ0n) is 19.7. The predicted octanol–water partition coefficient (Wildman–Crippen LogP) is 7.60. The van der Waals surface area contributed by atoms with Gasteiger partial charge in [-0.3, -0.25) is 0 Å². The molecule has 1 atom stereocenters. The van der Waals surface area contributed by atoms with E-state index < -0.39 is 11.8 Å². The predicted molar refractivity (Wildman–Crippen MR) is 136 cm³/mol. The van der Waals surface area contributed by atoms with Gasteiger partial charge >= 0.3 is 5.97 Å². The van der Waals surface area contributed by atoms with Gasteiger partial charge in [0.1, 0.15) is 12.0 Å². The number of carbonyl (C=O) groups is 1. The minimum atomic E-state index is -1.05. The van der Waals surface area contributed by atoms with Crippen molar-refractivity contribution in [3.05, 3.63) is 54.6 Å². The minimum Gasteiger partial charge on any atom is -0.461 e. The van der Waals surface area contributed by atoms with Gasteiger partial charge in [0.2, 0.25) is 5.83 Å². The molecule has 2 aromatic rings. The fraction of sp³-hybridized carbons (Fsp3) is 0.423. The Morgan fingerprint density at radius 2 is 2.00 bits per heavy atom. The number of esters is 1. The zero-order chi connectivity index (χ0) is 23.8. The highest BCUT2D eigenvalue weighted by atomic mass is 32.2. The molecular weight excluding hydrogens is 457 g/mol. The van der Waals surface area contributed by atoms with Crippen LogP contribution < -0.4 is 9.64 Å². The van der Waals surface area contributed by atoms with Gasteiger partial charge in [-0.2, -0.15) is 4.39 Å². The maximum Gasteiger partial charge on any atom is 0.370 e. The van der Waals surface area contributed by atoms with Crippen molar-refractivity contribution in [2.24, 2.45) is 5.41 Å². The second-order valence-corrected chi connectivity index (χ2v) is 9.95. The molecule has 1 aliphatic heterocycles. The summed E-state index contributed by atoms with van der Waals surface area (Å²) in [6, 6.07) is 14.5. The van der Waals surface area contributed by atoms with E-state index in [4.69, 9.17) is 9.47 Å². The lowest BCUT2D eigenvalue weighted by Crippen LogP contribution is -2.35. The molecule has 1 heterocycles. The van der Waals surface area contributed by atoms with Crippen LogP contribution in [-0.4, -0.2) is 31.1 Å². The van der Waals surface area contributed by atoms with Crippen LogP contribution in [0.3, 0.4) is 0 Å². The Kier molecular flexibility index (Phi) is 9.15. The maximum atomic E-state index is 14.1. The van der Waals surface area contributed by atoms with Gasteiger partial charge in [0.25, 0.3) is 0 Å². The molecule has 33 heavy (non-hydrogen) atoms. The van der Waals surface area contributed by atoms with Crippen LogP contribution >= 0.6 is 23.5 Å². The van der Waals surface area contributed by atoms with Gasteiger partial charge in [-0.05, 0) is 55.7 Å². The monoisotopic (exact) mass is 489 g/mol. The highest BCUT2D eigenvalue weighted by Gasteiger charge is 2.35. The number of rotatable bonds is 9. The molecule has 1 aliphatic rings. The molecule has 0 fully saturated rings. The summed E-state index contributed by atoms with van der Waals surface area (Å²) in [4.78, 5) is 16.0. The fourth-order valence-electron chi connectivity index (χ4n) is 4.08. The van der Waals surface area contributed by atoms with Crippen LogP contribution in [0.5, 0.6) is 5.75 Å². The molecule has 0 spiro atoms. The summed E-state index contributed by atoms with van der Waals surface area (Å²) in [6.07, 6.45) is 6.18. The van der Waals surface area contributed by atoms with E-state index in [1.807, 2.05) is 30.2 Å². The summed E-state index contributed by atoms with van der Waals surface area (Å²) in [5, 5.41) is 0. The number of nitrogens with zero attached hydrogens (tertiary/aromatic N) is 1. The first-order valence-corrected chi connectivity index (χ1v) is 13.5. The lowest BCUT2D eigenvalue weighted by molar-refractivity contribution is -0.140. The molecule has 0 N–H and O–H groups in total. The Morgan fingerprint density at radius 1 is 1.24 bits per heavy atom. The summed E-state index contributed by atoms with van der Waals surface area (Å²) in [5.74, 6) is -0.542. The number of anilines is 2. The lowest BCUT2D eigenvalue weighted by Gasteiger charge is -2.36. The van der Waals surface area contributed by atoms with Gasteiger partial charge in [-0.25, -0.2) is 4.79 Å². The van der Waals surface area contributed by atoms with Gasteiger partial charge in [0.05, 0.1) is 17.2 Å². The molecule has 0 bridgehead atoms. The van der Waals surface area contributed by atoms with Gasteiger partial charge in [0.15, 0.2) is 0 Å². The number of benzene rings is 2. The Labute approximate surface area is 204 Å². The molecule has 0 saturated heterocycles. The number of thioether (sulfide) groups is 2. The third-order valence-corrected chi connectivity index (χ3v) is 8.07. The van der Waals surface area contributed by atoms with E-state index in [0.717, 1.165) is 59.0 Å². The number of fused-ring (bicyclic) bond motifs is 1. The van der Waals surface area contributed by atoms with Crippen LogP contribution in [0.4, 0.5) is 15.8 Å². The van der Waals surface area contributed by atoms with Crippen molar-refractivity contribution in [1.82, 2.24) is 0 Å². The minimum absolute atomic E-state index is 0.109. The Balaban J connectivity index is 2.04. The summed E-state index contributed by atoms with van der Waals surface area (Å²) in [6.45, 7) is 7.20. The van der Waals surface area contributed by atoms with Crippen LogP contribution in [0.15, 0.2) is 64.3 Å². The first-order chi connectivity index (χ1) is 16.0. The molecular formula is C26H32FNO3S2. The summed E-state index contributed by atoms with van der Waals surface area (Å²) < 4.78 is 24.4. The lowest BCUT2D eigenvalue weighted by atomic mass is 9.82. The smallest absolute Gasteiger partial charge is 0.370 e. The standard InChI is InChI=1S/C26H32FNO3S2/c1-5-13-26(6-2)17-28(19-11-9-8-10-12-19)21-14-24(32-4)22(15-23(21)33-18-26)31-16-20(27)25(29)30-7-3/h8-12,14-16H,5-7,13,17-18H2,1-4H3/b20-16-. The van der Waals surface area contributed by atoms with Crippen LogP contribution in [0.2, 0.25) is 0 Å². The first kappa shape index (κ1) is 25.5. The van der Waals surface area contributed by atoms with E-state index in [1.54, 1.807) is 6.92 Å². The van der Waals surface area contributed by atoms with E-state index in [2.05, 4.69) is 49.1 Å². The highest BCUT2D eigenvalue weighted by molar-refractivity contribution is 7.99. The molecule has 178 valence electrons. The van der Waals surface area contributed by atoms with Gasteiger partial charge < -0.3 is 14.4 Å². The van der Waals surface area contributed by atoms with Crippen molar-refractivity contribution in [2.45, 2.75) is 49.8 Å². The number of carbonyl (C=O) groups excluding carboxylic acids is 1. The summed E-state index contributed by atoms with van der Waals surface area (Å²) >= 11 is 3.35. The van der Waals surface area contributed by atoms with Crippen molar-refractivity contribution in [1.29, 1.82) is 0 Å². The number of para-hydroxylation sites is 1. The van der Waals surface area contributed by atoms with Crippen molar-refractivity contribution in [3.63, 3.8) is 0 Å². The molecule has 3 rings (SSSR count). The fourth-order valence-corrected chi connectivity index (χ4v) is 6.03. The van der Waals surface area contributed by atoms with E-state index in [9.17, 15) is 9.18 Å². The molecule has 1 unspecified atom stereocenters. The maximum absolute atomic E-state index is 14.1. The summed E-state index contributed by atoms with van der Waals surface area (Å²) in [5.41, 5.74) is 2.47. The molecule has 0 aromatic heterocycles. The van der Waals surface area contributed by atoms with Crippen LogP contribution in [0.25, 0.3) is 0 Å². The second kappa shape index (κ2) is 11.8. The van der Waals surface area contributed by atoms with E-state index >= 15 is 0 Å².